The molecule has 3 N–H and O–H groups in total. The van der Waals surface area contributed by atoms with E-state index in [1.165, 1.54) is 13.2 Å². The largest absolute Gasteiger partial charge is 0.496 e. The molecule has 1 aromatic rings. The van der Waals surface area contributed by atoms with Crippen LogP contribution in [0.1, 0.15) is 32.1 Å². The molecule has 0 aromatic carbocycles. The van der Waals surface area contributed by atoms with Gasteiger partial charge in [-0.1, -0.05) is 13.8 Å². The van der Waals surface area contributed by atoms with Gasteiger partial charge in [0.1, 0.15) is 11.8 Å². The average molecular weight is 212 g/mol. The second-order valence-corrected chi connectivity index (χ2v) is 4.05. The lowest BCUT2D eigenvalue weighted by molar-refractivity contribution is -0.434. The first kappa shape index (κ1) is 11.8. The molecular weight excluding hydrogens is 194 g/mol. The summed E-state index contributed by atoms with van der Waals surface area (Å²) in [7, 11) is 1.53. The second kappa shape index (κ2) is 4.98. The molecule has 0 fully saturated rings. The Labute approximate surface area is 89.0 Å². The Bertz CT molecular complexity index is 370. The monoisotopic (exact) mass is 212 g/mol. The highest BCUT2D eigenvalue weighted by molar-refractivity contribution is 5.21. The molecule has 0 aliphatic rings. The van der Waals surface area contributed by atoms with Gasteiger partial charge in [-0.2, -0.15) is 0 Å². The first-order valence-electron chi connectivity index (χ1n) is 5.05. The molecule has 1 atom stereocenters. The molecule has 84 valence electrons. The lowest BCUT2D eigenvalue weighted by atomic mass is 10.0. The van der Waals surface area contributed by atoms with E-state index < -0.39 is 0 Å². The van der Waals surface area contributed by atoms with Crippen molar-refractivity contribution in [2.45, 2.75) is 26.3 Å². The minimum atomic E-state index is -0.387. The molecule has 0 amide bonds. The van der Waals surface area contributed by atoms with Crippen molar-refractivity contribution in [3.05, 3.63) is 28.3 Å². The highest BCUT2D eigenvalue weighted by Crippen LogP contribution is 2.19. The topological polar surface area (TPSA) is 67.1 Å². The number of methoxy groups -OCH3 is 1. The van der Waals surface area contributed by atoms with E-state index in [1.807, 2.05) is 0 Å². The fourth-order valence-electron chi connectivity index (χ4n) is 1.48. The molecule has 0 aliphatic carbocycles. The molecule has 0 bridgehead atoms. The van der Waals surface area contributed by atoms with Crippen LogP contribution in [-0.4, -0.2) is 7.11 Å². The Morgan fingerprint density at radius 1 is 1.47 bits per heavy atom. The summed E-state index contributed by atoms with van der Waals surface area (Å²) in [4.78, 5) is 11.2. The number of hydrogen-bond acceptors (Lipinski definition) is 3. The normalized spacial score (nSPS) is 12.9. The molecular formula is C11H18NO3+. The van der Waals surface area contributed by atoms with Crippen LogP contribution in [0.3, 0.4) is 0 Å². The van der Waals surface area contributed by atoms with Crippen LogP contribution in [0, 0.1) is 5.92 Å². The van der Waals surface area contributed by atoms with E-state index in [9.17, 15) is 4.79 Å². The van der Waals surface area contributed by atoms with Gasteiger partial charge in [-0.15, -0.1) is 0 Å². The van der Waals surface area contributed by atoms with Crippen LogP contribution in [0.5, 0.6) is 5.75 Å². The first-order valence-corrected chi connectivity index (χ1v) is 5.05. The summed E-state index contributed by atoms with van der Waals surface area (Å²) in [5.74, 6) is 1.63. The van der Waals surface area contributed by atoms with E-state index in [-0.39, 0.29) is 11.7 Å². The van der Waals surface area contributed by atoms with Gasteiger partial charge >= 0.3 is 5.63 Å². The number of quaternary nitrogens is 1. The summed E-state index contributed by atoms with van der Waals surface area (Å²) in [5, 5.41) is 0. The van der Waals surface area contributed by atoms with Crippen LogP contribution >= 0.6 is 0 Å². The van der Waals surface area contributed by atoms with Crippen molar-refractivity contribution in [2.75, 3.05) is 7.11 Å². The molecule has 1 rings (SSSR count). The first-order chi connectivity index (χ1) is 7.02. The van der Waals surface area contributed by atoms with Crippen LogP contribution in [0.15, 0.2) is 21.3 Å². The molecule has 4 nitrogen and oxygen atoms in total. The standard InChI is InChI=1S/C11H17NO3/c1-7(2)4-9(12)10-5-8(14-3)6-11(13)15-10/h5-7,9H,4,12H2,1-3H3/p+1. The van der Waals surface area contributed by atoms with E-state index in [2.05, 4.69) is 19.6 Å². The number of hydrogen-bond donors (Lipinski definition) is 1. The van der Waals surface area contributed by atoms with Crippen molar-refractivity contribution in [3.63, 3.8) is 0 Å². The molecule has 0 saturated carbocycles. The third-order valence-electron chi connectivity index (χ3n) is 2.16. The fraction of sp³-hybridized carbons (Fsp3) is 0.545. The number of rotatable bonds is 4. The third kappa shape index (κ3) is 3.40. The quantitative estimate of drug-likeness (QED) is 0.808. The van der Waals surface area contributed by atoms with Gasteiger partial charge in [0.05, 0.1) is 13.2 Å². The minimum Gasteiger partial charge on any atom is -0.496 e. The maximum atomic E-state index is 11.2. The van der Waals surface area contributed by atoms with Gasteiger partial charge in [0.25, 0.3) is 0 Å². The molecule has 4 heteroatoms. The molecule has 1 aromatic heterocycles. The van der Waals surface area contributed by atoms with Gasteiger partial charge < -0.3 is 14.9 Å². The maximum absolute atomic E-state index is 11.2. The minimum absolute atomic E-state index is 0.00667. The molecule has 15 heavy (non-hydrogen) atoms. The zero-order valence-corrected chi connectivity index (χ0v) is 9.45. The van der Waals surface area contributed by atoms with Gasteiger partial charge in [-0.05, 0) is 5.92 Å². The summed E-state index contributed by atoms with van der Waals surface area (Å²) in [5.41, 5.74) is 3.59. The fourth-order valence-corrected chi connectivity index (χ4v) is 1.48. The summed E-state index contributed by atoms with van der Waals surface area (Å²) in [6.07, 6.45) is 0.885. The SMILES string of the molecule is COc1cc(C([NH3+])CC(C)C)oc(=O)c1. The average Bonchev–Trinajstić information content (AvgIpc) is 2.15. The van der Waals surface area contributed by atoms with Crippen molar-refractivity contribution in [3.8, 4) is 5.75 Å². The van der Waals surface area contributed by atoms with Crippen LogP contribution in [0.25, 0.3) is 0 Å². The lowest BCUT2D eigenvalue weighted by Crippen LogP contribution is -2.54. The zero-order valence-electron chi connectivity index (χ0n) is 9.45. The highest BCUT2D eigenvalue weighted by Gasteiger charge is 2.16. The van der Waals surface area contributed by atoms with E-state index >= 15 is 0 Å². The highest BCUT2D eigenvalue weighted by atomic mass is 16.5. The van der Waals surface area contributed by atoms with E-state index in [0.29, 0.717) is 17.4 Å². The molecule has 1 heterocycles. The summed E-state index contributed by atoms with van der Waals surface area (Å²) >= 11 is 0. The Hall–Kier alpha value is -1.29. The Morgan fingerprint density at radius 2 is 2.13 bits per heavy atom. The lowest BCUT2D eigenvalue weighted by Gasteiger charge is -2.10. The van der Waals surface area contributed by atoms with Crippen LogP contribution < -0.4 is 16.1 Å². The Kier molecular flexibility index (Phi) is 3.91. The molecule has 0 radical (unpaired) electrons. The van der Waals surface area contributed by atoms with Gasteiger partial charge in [0, 0.05) is 12.5 Å². The predicted octanol–water partition coefficient (Wildman–Crippen LogP) is 0.977. The Balaban J connectivity index is 2.93. The van der Waals surface area contributed by atoms with Gasteiger partial charge in [0.15, 0.2) is 5.76 Å². The third-order valence-corrected chi connectivity index (χ3v) is 2.16. The Morgan fingerprint density at radius 3 is 2.67 bits per heavy atom. The molecule has 0 aliphatic heterocycles. The van der Waals surface area contributed by atoms with E-state index in [4.69, 9.17) is 9.15 Å². The van der Waals surface area contributed by atoms with Gasteiger partial charge in [0.2, 0.25) is 0 Å². The smallest absolute Gasteiger partial charge is 0.339 e. The van der Waals surface area contributed by atoms with Crippen molar-refractivity contribution in [1.82, 2.24) is 0 Å². The summed E-state index contributed by atoms with van der Waals surface area (Å²) in [6.45, 7) is 4.22. The number of ether oxygens (including phenoxy) is 1. The summed E-state index contributed by atoms with van der Waals surface area (Å²) < 4.78 is 10.1. The van der Waals surface area contributed by atoms with Crippen molar-refractivity contribution >= 4 is 0 Å². The summed E-state index contributed by atoms with van der Waals surface area (Å²) in [6, 6.07) is 3.04. The maximum Gasteiger partial charge on any atom is 0.339 e. The van der Waals surface area contributed by atoms with Crippen LogP contribution in [0.4, 0.5) is 0 Å². The predicted molar refractivity (Wildman–Crippen MR) is 56.6 cm³/mol. The van der Waals surface area contributed by atoms with Crippen LogP contribution in [-0.2, 0) is 0 Å². The van der Waals surface area contributed by atoms with Crippen molar-refractivity contribution in [1.29, 1.82) is 0 Å². The van der Waals surface area contributed by atoms with Gasteiger partial charge in [-0.3, -0.25) is 0 Å². The van der Waals surface area contributed by atoms with E-state index in [0.717, 1.165) is 6.42 Å². The molecule has 0 saturated heterocycles. The molecule has 0 spiro atoms. The van der Waals surface area contributed by atoms with Crippen molar-refractivity contribution in [2.24, 2.45) is 5.92 Å². The van der Waals surface area contributed by atoms with Crippen molar-refractivity contribution < 1.29 is 14.9 Å². The van der Waals surface area contributed by atoms with E-state index in [1.54, 1.807) is 6.07 Å². The second-order valence-electron chi connectivity index (χ2n) is 4.05. The molecule has 1 unspecified atom stereocenters. The zero-order chi connectivity index (χ0) is 11.4. The van der Waals surface area contributed by atoms with Crippen LogP contribution in [0.2, 0.25) is 0 Å². The van der Waals surface area contributed by atoms with Gasteiger partial charge in [-0.25, -0.2) is 4.79 Å².